The van der Waals surface area contributed by atoms with Gasteiger partial charge in [-0.1, -0.05) is 6.92 Å². The van der Waals surface area contributed by atoms with E-state index in [0.717, 1.165) is 42.8 Å². The van der Waals surface area contributed by atoms with E-state index in [9.17, 15) is 0 Å². The van der Waals surface area contributed by atoms with Crippen molar-refractivity contribution in [3.05, 3.63) is 15.6 Å². The fourth-order valence-electron chi connectivity index (χ4n) is 1.65. The van der Waals surface area contributed by atoms with Gasteiger partial charge in [-0.3, -0.25) is 4.99 Å². The summed E-state index contributed by atoms with van der Waals surface area (Å²) >= 11 is 1.73. The third kappa shape index (κ3) is 6.85. The molecule has 2 N–H and O–H groups in total. The smallest absolute Gasteiger partial charge is 0.191 e. The van der Waals surface area contributed by atoms with Gasteiger partial charge in [0.25, 0.3) is 0 Å². The van der Waals surface area contributed by atoms with Gasteiger partial charge in [0.05, 0.1) is 17.2 Å². The number of hydrogen-bond acceptors (Lipinski definition) is 4. The minimum atomic E-state index is 0. The summed E-state index contributed by atoms with van der Waals surface area (Å²) in [4.78, 5) is 12.2. The van der Waals surface area contributed by atoms with Gasteiger partial charge in [0.1, 0.15) is 0 Å². The predicted octanol–water partition coefficient (Wildman–Crippen LogP) is 1.99. The highest BCUT2D eigenvalue weighted by atomic mass is 127. The van der Waals surface area contributed by atoms with Gasteiger partial charge in [-0.25, -0.2) is 4.98 Å². The van der Waals surface area contributed by atoms with E-state index >= 15 is 0 Å². The largest absolute Gasteiger partial charge is 0.355 e. The van der Waals surface area contributed by atoms with Crippen molar-refractivity contribution in [3.63, 3.8) is 0 Å². The molecule has 20 heavy (non-hydrogen) atoms. The van der Waals surface area contributed by atoms with Crippen molar-refractivity contribution in [2.45, 2.75) is 27.3 Å². The van der Waals surface area contributed by atoms with Crippen molar-refractivity contribution in [1.29, 1.82) is 0 Å². The van der Waals surface area contributed by atoms with Crippen LogP contribution in [0.1, 0.15) is 22.5 Å². The maximum atomic E-state index is 4.42. The Morgan fingerprint density at radius 3 is 2.55 bits per heavy atom. The Morgan fingerprint density at radius 2 is 2.05 bits per heavy atom. The van der Waals surface area contributed by atoms with Crippen molar-refractivity contribution in [2.24, 2.45) is 4.99 Å². The van der Waals surface area contributed by atoms with Crippen LogP contribution in [0.3, 0.4) is 0 Å². The van der Waals surface area contributed by atoms with Crippen molar-refractivity contribution in [1.82, 2.24) is 20.5 Å². The van der Waals surface area contributed by atoms with E-state index in [1.54, 1.807) is 18.4 Å². The van der Waals surface area contributed by atoms with Crippen LogP contribution in [0.2, 0.25) is 0 Å². The van der Waals surface area contributed by atoms with Crippen LogP contribution in [0.25, 0.3) is 0 Å². The first-order valence-electron chi connectivity index (χ1n) is 6.62. The Bertz CT molecular complexity index is 419. The molecule has 0 radical (unpaired) electrons. The minimum Gasteiger partial charge on any atom is -0.355 e. The Hall–Kier alpha value is -0.410. The number of aliphatic imine (C=N–C) groups is 1. The Morgan fingerprint density at radius 1 is 1.35 bits per heavy atom. The highest BCUT2D eigenvalue weighted by molar-refractivity contribution is 14.0. The van der Waals surface area contributed by atoms with E-state index in [1.807, 2.05) is 13.8 Å². The standard InChI is InChI=1S/C13H25N5S.HI/c1-6-18(5)8-7-15-13(14-4)16-9-12-10(2)17-11(3)19-12;/h6-9H2,1-5H3,(H2,14,15,16);1H. The number of thiazole rings is 1. The molecule has 116 valence electrons. The zero-order valence-corrected chi connectivity index (χ0v) is 16.1. The number of rotatable bonds is 6. The van der Waals surface area contributed by atoms with Crippen LogP contribution < -0.4 is 10.6 Å². The van der Waals surface area contributed by atoms with Crippen LogP contribution in [0, 0.1) is 13.8 Å². The maximum Gasteiger partial charge on any atom is 0.191 e. The summed E-state index contributed by atoms with van der Waals surface area (Å²) in [5, 5.41) is 7.75. The number of aryl methyl sites for hydroxylation is 2. The summed E-state index contributed by atoms with van der Waals surface area (Å²) < 4.78 is 0. The van der Waals surface area contributed by atoms with Crippen LogP contribution in [0.4, 0.5) is 0 Å². The average Bonchev–Trinajstić information content (AvgIpc) is 2.71. The molecular formula is C13H26IN5S. The van der Waals surface area contributed by atoms with Crippen LogP contribution in [0.15, 0.2) is 4.99 Å². The molecule has 0 aromatic carbocycles. The van der Waals surface area contributed by atoms with Crippen molar-refractivity contribution in [3.8, 4) is 0 Å². The highest BCUT2D eigenvalue weighted by Gasteiger charge is 2.05. The second-order valence-electron chi connectivity index (χ2n) is 4.49. The summed E-state index contributed by atoms with van der Waals surface area (Å²) in [6.45, 7) is 9.98. The van der Waals surface area contributed by atoms with Gasteiger partial charge in [-0.2, -0.15) is 0 Å². The maximum absolute atomic E-state index is 4.42. The molecule has 0 fully saturated rings. The summed E-state index contributed by atoms with van der Waals surface area (Å²) in [6, 6.07) is 0. The fourth-order valence-corrected chi connectivity index (χ4v) is 2.52. The normalized spacial score (nSPS) is 11.4. The first-order valence-corrected chi connectivity index (χ1v) is 7.44. The highest BCUT2D eigenvalue weighted by Crippen LogP contribution is 2.16. The molecule has 1 aromatic heterocycles. The van der Waals surface area contributed by atoms with Gasteiger partial charge in [0, 0.05) is 25.0 Å². The van der Waals surface area contributed by atoms with Gasteiger partial charge >= 0.3 is 0 Å². The van der Waals surface area contributed by atoms with Crippen molar-refractivity contribution in [2.75, 3.05) is 33.7 Å². The monoisotopic (exact) mass is 411 g/mol. The van der Waals surface area contributed by atoms with Gasteiger partial charge < -0.3 is 15.5 Å². The molecule has 0 amide bonds. The minimum absolute atomic E-state index is 0. The van der Waals surface area contributed by atoms with E-state index in [2.05, 4.69) is 39.5 Å². The van der Waals surface area contributed by atoms with Crippen molar-refractivity contribution >= 4 is 41.3 Å². The number of nitrogens with one attached hydrogen (secondary N) is 2. The van der Waals surface area contributed by atoms with E-state index in [4.69, 9.17) is 0 Å². The summed E-state index contributed by atoms with van der Waals surface area (Å²) in [7, 11) is 3.91. The van der Waals surface area contributed by atoms with Crippen LogP contribution in [-0.2, 0) is 6.54 Å². The number of likely N-dealkylation sites (N-methyl/N-ethyl adjacent to an activating group) is 1. The fraction of sp³-hybridized carbons (Fsp3) is 0.692. The number of halogens is 1. The quantitative estimate of drug-likeness (QED) is 0.427. The van der Waals surface area contributed by atoms with Crippen LogP contribution in [-0.4, -0.2) is 49.6 Å². The van der Waals surface area contributed by atoms with E-state index in [1.165, 1.54) is 4.88 Å². The number of nitrogens with zero attached hydrogens (tertiary/aromatic N) is 3. The second-order valence-corrected chi connectivity index (χ2v) is 5.78. The van der Waals surface area contributed by atoms with E-state index in [-0.39, 0.29) is 24.0 Å². The molecule has 0 aliphatic carbocycles. The SMILES string of the molecule is CCN(C)CCNC(=NC)NCc1sc(C)nc1C.I. The molecule has 0 aliphatic rings. The van der Waals surface area contributed by atoms with Crippen molar-refractivity contribution < 1.29 is 0 Å². The van der Waals surface area contributed by atoms with Gasteiger partial charge in [0.2, 0.25) is 0 Å². The Kier molecular flexibility index (Phi) is 10.1. The molecule has 0 saturated carbocycles. The first kappa shape index (κ1) is 19.6. The number of guanidine groups is 1. The number of hydrogen-bond donors (Lipinski definition) is 2. The molecule has 0 aliphatic heterocycles. The zero-order valence-electron chi connectivity index (χ0n) is 13.0. The number of aromatic nitrogens is 1. The molecule has 0 unspecified atom stereocenters. The molecule has 1 heterocycles. The lowest BCUT2D eigenvalue weighted by atomic mass is 10.4. The third-order valence-electron chi connectivity index (χ3n) is 2.97. The summed E-state index contributed by atoms with van der Waals surface area (Å²) in [6.07, 6.45) is 0. The van der Waals surface area contributed by atoms with Gasteiger partial charge in [0.15, 0.2) is 5.96 Å². The molecule has 0 saturated heterocycles. The third-order valence-corrected chi connectivity index (χ3v) is 4.04. The molecule has 0 atom stereocenters. The van der Waals surface area contributed by atoms with Crippen LogP contribution >= 0.6 is 35.3 Å². The molecule has 1 rings (SSSR count). The summed E-state index contributed by atoms with van der Waals surface area (Å²) in [5.41, 5.74) is 1.11. The topological polar surface area (TPSA) is 52.5 Å². The molecule has 0 spiro atoms. The second kappa shape index (κ2) is 10.3. The predicted molar refractivity (Wildman–Crippen MR) is 98.4 cm³/mol. The lowest BCUT2D eigenvalue weighted by molar-refractivity contribution is 0.357. The van der Waals surface area contributed by atoms with E-state index < -0.39 is 0 Å². The molecule has 0 bridgehead atoms. The first-order chi connectivity index (χ1) is 9.06. The lowest BCUT2D eigenvalue weighted by Crippen LogP contribution is -2.40. The van der Waals surface area contributed by atoms with Gasteiger partial charge in [-0.15, -0.1) is 35.3 Å². The molecule has 7 heteroatoms. The lowest BCUT2D eigenvalue weighted by Gasteiger charge is -2.16. The van der Waals surface area contributed by atoms with Gasteiger partial charge in [-0.05, 0) is 27.4 Å². The Balaban J connectivity index is 0.00000361. The summed E-state index contributed by atoms with van der Waals surface area (Å²) in [5.74, 6) is 0.843. The van der Waals surface area contributed by atoms with E-state index in [0.29, 0.717) is 0 Å². The Labute approximate surface area is 143 Å². The zero-order chi connectivity index (χ0) is 14.3. The molecular weight excluding hydrogens is 385 g/mol. The average molecular weight is 411 g/mol. The molecule has 1 aromatic rings. The molecule has 5 nitrogen and oxygen atoms in total. The van der Waals surface area contributed by atoms with Crippen LogP contribution in [0.5, 0.6) is 0 Å².